The predicted octanol–water partition coefficient (Wildman–Crippen LogP) is 7.13. The molecule has 0 aromatic heterocycles. The first-order valence-corrected chi connectivity index (χ1v) is 21.4. The molecular formula is C50H62N2O12. The van der Waals surface area contributed by atoms with Crippen molar-refractivity contribution in [3.63, 3.8) is 0 Å². The van der Waals surface area contributed by atoms with E-state index in [-0.39, 0.29) is 37.6 Å². The Balaban J connectivity index is 0.000000241. The van der Waals surface area contributed by atoms with E-state index in [1.165, 1.54) is 13.8 Å². The van der Waals surface area contributed by atoms with Gasteiger partial charge < -0.3 is 49.2 Å². The molecule has 0 fully saturated rings. The van der Waals surface area contributed by atoms with Gasteiger partial charge in [-0.2, -0.15) is 0 Å². The molecule has 0 bridgehead atoms. The summed E-state index contributed by atoms with van der Waals surface area (Å²) in [5, 5.41) is 39.1. The van der Waals surface area contributed by atoms with Crippen molar-refractivity contribution in [2.45, 2.75) is 129 Å². The van der Waals surface area contributed by atoms with Gasteiger partial charge >= 0.3 is 23.9 Å². The minimum Gasteiger partial charge on any atom is -0.486 e. The number of carbonyl (C=O) groups is 4. The SMILES string of the molecule is CC(C)(C)OC(=O)Cc1ccc2c(c1)N(Cc1ccccc1)C[C@H](C[C@@](C)(O)C(=O)O)O2.CC(C)(C)OC(=O)Cc1ccc2c(c1)N(Cc1ccccc1)C[C@H](C[C@](C)(O)C(=O)O)O2. The van der Waals surface area contributed by atoms with Gasteiger partial charge in [0.1, 0.15) is 34.9 Å². The highest BCUT2D eigenvalue weighted by Crippen LogP contribution is 2.39. The Hall–Kier alpha value is -6.12. The van der Waals surface area contributed by atoms with Crippen LogP contribution in [0, 0.1) is 0 Å². The fraction of sp³-hybridized carbons (Fsp3) is 0.440. The molecule has 0 spiro atoms. The minimum absolute atomic E-state index is 0.0489. The molecule has 0 radical (unpaired) electrons. The van der Waals surface area contributed by atoms with Crippen molar-refractivity contribution in [1.29, 1.82) is 0 Å². The summed E-state index contributed by atoms with van der Waals surface area (Å²) in [5.41, 5.74) is 0.523. The number of esters is 2. The summed E-state index contributed by atoms with van der Waals surface area (Å²) < 4.78 is 23.0. The number of aliphatic hydroxyl groups is 2. The first-order valence-electron chi connectivity index (χ1n) is 21.4. The molecule has 0 saturated heterocycles. The van der Waals surface area contributed by atoms with E-state index >= 15 is 0 Å². The fourth-order valence-electron chi connectivity index (χ4n) is 7.43. The van der Waals surface area contributed by atoms with Crippen LogP contribution in [0.25, 0.3) is 0 Å². The molecule has 64 heavy (non-hydrogen) atoms. The van der Waals surface area contributed by atoms with E-state index in [9.17, 15) is 39.6 Å². The van der Waals surface area contributed by atoms with Gasteiger partial charge in [-0.25, -0.2) is 9.59 Å². The van der Waals surface area contributed by atoms with E-state index in [1.807, 2.05) is 114 Å². The lowest BCUT2D eigenvalue weighted by molar-refractivity contribution is -0.159. The van der Waals surface area contributed by atoms with Gasteiger partial charge in [0.05, 0.1) is 37.3 Å². The molecule has 2 heterocycles. The summed E-state index contributed by atoms with van der Waals surface area (Å²) in [6, 6.07) is 30.8. The second kappa shape index (κ2) is 20.2. The lowest BCUT2D eigenvalue weighted by atomic mass is 9.96. The molecule has 14 nitrogen and oxygen atoms in total. The van der Waals surface area contributed by atoms with Gasteiger partial charge in [0.25, 0.3) is 0 Å². The van der Waals surface area contributed by atoms with Crippen LogP contribution in [-0.4, -0.2) is 92.0 Å². The molecule has 0 aliphatic carbocycles. The van der Waals surface area contributed by atoms with Crippen molar-refractivity contribution in [1.82, 2.24) is 0 Å². The zero-order valence-corrected chi connectivity index (χ0v) is 38.0. The molecule has 4 atom stereocenters. The first-order chi connectivity index (χ1) is 29.9. The molecule has 0 amide bonds. The van der Waals surface area contributed by atoms with E-state index in [2.05, 4.69) is 9.80 Å². The summed E-state index contributed by atoms with van der Waals surface area (Å²) in [6.07, 6.45) is -0.829. The average molecular weight is 883 g/mol. The van der Waals surface area contributed by atoms with Crippen LogP contribution < -0.4 is 19.3 Å². The topological polar surface area (TPSA) is 193 Å². The Labute approximate surface area is 375 Å². The Morgan fingerprint density at radius 2 is 0.891 bits per heavy atom. The monoisotopic (exact) mass is 882 g/mol. The summed E-state index contributed by atoms with van der Waals surface area (Å²) >= 11 is 0. The molecule has 0 unspecified atom stereocenters. The van der Waals surface area contributed by atoms with Crippen molar-refractivity contribution in [3.05, 3.63) is 119 Å². The van der Waals surface area contributed by atoms with Gasteiger partial charge in [-0.05, 0) is 102 Å². The summed E-state index contributed by atoms with van der Waals surface area (Å²) in [4.78, 5) is 51.6. The average Bonchev–Trinajstić information content (AvgIpc) is 3.17. The van der Waals surface area contributed by atoms with Crippen molar-refractivity contribution in [2.24, 2.45) is 0 Å². The minimum atomic E-state index is -1.89. The van der Waals surface area contributed by atoms with Crippen LogP contribution >= 0.6 is 0 Å². The standard InChI is InChI=1S/2C25H31NO6/c2*1-24(2,3)32-22(27)13-18-10-11-21-20(12-18)26(15-17-8-6-5-7-9-17)16-19(31-21)14-25(4,30)23(28)29/h2*5-12,19,30H,13-16H2,1-4H3,(H,28,29)/t19-,25+;19-,25-/m00/s1. The van der Waals surface area contributed by atoms with E-state index in [4.69, 9.17) is 18.9 Å². The molecule has 4 aromatic carbocycles. The molecule has 4 N–H and O–H groups in total. The zero-order valence-electron chi connectivity index (χ0n) is 38.0. The molecule has 0 saturated carbocycles. The highest BCUT2D eigenvalue weighted by Gasteiger charge is 2.39. The Kier molecular flexibility index (Phi) is 15.4. The predicted molar refractivity (Wildman–Crippen MR) is 242 cm³/mol. The van der Waals surface area contributed by atoms with Gasteiger partial charge in [0, 0.05) is 25.9 Å². The van der Waals surface area contributed by atoms with Gasteiger partial charge in [0.2, 0.25) is 0 Å². The lowest BCUT2D eigenvalue weighted by Gasteiger charge is -2.38. The number of nitrogens with zero attached hydrogens (tertiary/aromatic N) is 2. The number of hydrogen-bond acceptors (Lipinski definition) is 12. The van der Waals surface area contributed by atoms with Gasteiger partial charge in [-0.1, -0.05) is 72.8 Å². The Morgan fingerprint density at radius 1 is 0.547 bits per heavy atom. The number of benzene rings is 4. The number of rotatable bonds is 14. The van der Waals surface area contributed by atoms with E-state index in [0.29, 0.717) is 37.7 Å². The van der Waals surface area contributed by atoms with E-state index in [1.54, 1.807) is 24.3 Å². The van der Waals surface area contributed by atoms with Crippen molar-refractivity contribution < 1.29 is 58.6 Å². The van der Waals surface area contributed by atoms with Crippen LogP contribution in [0.1, 0.15) is 90.5 Å². The molecule has 2 aliphatic heterocycles. The highest BCUT2D eigenvalue weighted by molar-refractivity contribution is 5.78. The maximum absolute atomic E-state index is 12.3. The number of carbonyl (C=O) groups excluding carboxylic acids is 2. The quantitative estimate of drug-likeness (QED) is 0.0935. The summed E-state index contributed by atoms with van der Waals surface area (Å²) in [6.45, 7) is 15.5. The zero-order chi connectivity index (χ0) is 47.0. The fourth-order valence-corrected chi connectivity index (χ4v) is 7.43. The molecule has 2 aliphatic rings. The third-order valence-electron chi connectivity index (χ3n) is 10.3. The second-order valence-electron chi connectivity index (χ2n) is 18.9. The van der Waals surface area contributed by atoms with Gasteiger partial charge in [-0.3, -0.25) is 9.59 Å². The maximum atomic E-state index is 12.3. The van der Waals surface area contributed by atoms with Crippen molar-refractivity contribution in [2.75, 3.05) is 22.9 Å². The Bertz CT molecular complexity index is 2090. The summed E-state index contributed by atoms with van der Waals surface area (Å²) in [5.74, 6) is -2.00. The van der Waals surface area contributed by atoms with Crippen LogP contribution in [0.4, 0.5) is 11.4 Å². The third-order valence-corrected chi connectivity index (χ3v) is 10.3. The smallest absolute Gasteiger partial charge is 0.335 e. The first kappa shape index (κ1) is 48.9. The van der Waals surface area contributed by atoms with Gasteiger partial charge in [-0.15, -0.1) is 0 Å². The van der Waals surface area contributed by atoms with Crippen LogP contribution in [-0.2, 0) is 54.6 Å². The largest absolute Gasteiger partial charge is 0.486 e. The highest BCUT2D eigenvalue weighted by atomic mass is 16.6. The third kappa shape index (κ3) is 14.5. The number of ether oxygens (including phenoxy) is 4. The Morgan fingerprint density at radius 3 is 1.20 bits per heavy atom. The lowest BCUT2D eigenvalue weighted by Crippen LogP contribution is -2.46. The number of hydrogen-bond donors (Lipinski definition) is 4. The molecule has 14 heteroatoms. The van der Waals surface area contributed by atoms with Crippen LogP contribution in [0.15, 0.2) is 97.1 Å². The number of anilines is 2. The normalized spacial score (nSPS) is 17.7. The maximum Gasteiger partial charge on any atom is 0.335 e. The number of aliphatic carboxylic acids is 2. The van der Waals surface area contributed by atoms with Crippen LogP contribution in [0.2, 0.25) is 0 Å². The number of carboxylic acids is 2. The van der Waals surface area contributed by atoms with Crippen molar-refractivity contribution >= 4 is 35.3 Å². The van der Waals surface area contributed by atoms with Crippen molar-refractivity contribution in [3.8, 4) is 11.5 Å². The number of fused-ring (bicyclic) bond motifs is 2. The second-order valence-corrected chi connectivity index (χ2v) is 18.9. The molecular weight excluding hydrogens is 821 g/mol. The molecule has 6 rings (SSSR count). The molecule has 4 aromatic rings. The van der Waals surface area contributed by atoms with Crippen LogP contribution in [0.5, 0.6) is 11.5 Å². The van der Waals surface area contributed by atoms with E-state index < -0.39 is 46.6 Å². The van der Waals surface area contributed by atoms with Gasteiger partial charge in [0.15, 0.2) is 11.2 Å². The van der Waals surface area contributed by atoms with E-state index in [0.717, 1.165) is 33.6 Å². The number of carboxylic acid groups (broad SMARTS) is 2. The molecule has 344 valence electrons. The summed E-state index contributed by atoms with van der Waals surface area (Å²) in [7, 11) is 0. The van der Waals surface area contributed by atoms with Crippen LogP contribution in [0.3, 0.4) is 0 Å².